The van der Waals surface area contributed by atoms with Gasteiger partial charge in [0.2, 0.25) is 15.9 Å². The quantitative estimate of drug-likeness (QED) is 0.868. The highest BCUT2D eigenvalue weighted by molar-refractivity contribution is 9.10. The zero-order chi connectivity index (χ0) is 16.4. The highest BCUT2D eigenvalue weighted by Crippen LogP contribution is 2.30. The van der Waals surface area contributed by atoms with E-state index in [0.717, 1.165) is 4.47 Å². The molecular weight excluding hydrogens is 380 g/mol. The average Bonchev–Trinajstić information content (AvgIpc) is 2.56. The van der Waals surface area contributed by atoms with Crippen LogP contribution in [0.25, 0.3) is 0 Å². The molecule has 1 aliphatic rings. The van der Waals surface area contributed by atoms with Crippen LogP contribution >= 0.6 is 15.9 Å². The highest BCUT2D eigenvalue weighted by atomic mass is 79.9. The number of hydrogen-bond donors (Lipinski definition) is 1. The van der Waals surface area contributed by atoms with Crippen molar-refractivity contribution in [3.63, 3.8) is 0 Å². The maximum Gasteiger partial charge on any atom is 0.244 e. The van der Waals surface area contributed by atoms with Crippen molar-refractivity contribution >= 4 is 31.9 Å². The Morgan fingerprint density at radius 1 is 1.04 bits per heavy atom. The van der Waals surface area contributed by atoms with Crippen molar-refractivity contribution < 1.29 is 13.2 Å². The van der Waals surface area contributed by atoms with Gasteiger partial charge in [-0.05, 0) is 29.8 Å². The first-order valence-corrected chi connectivity index (χ1v) is 9.33. The van der Waals surface area contributed by atoms with Crippen LogP contribution in [0.2, 0.25) is 0 Å². The van der Waals surface area contributed by atoms with Crippen molar-refractivity contribution in [2.75, 3.05) is 13.1 Å². The van der Waals surface area contributed by atoms with E-state index >= 15 is 0 Å². The number of carbonyl (C=O) groups is 1. The van der Waals surface area contributed by atoms with Gasteiger partial charge in [-0.25, -0.2) is 8.42 Å². The minimum absolute atomic E-state index is 0.177. The molecule has 1 unspecified atom stereocenters. The second-order valence-electron chi connectivity index (χ2n) is 5.17. The van der Waals surface area contributed by atoms with Crippen LogP contribution in [0.15, 0.2) is 64.0 Å². The van der Waals surface area contributed by atoms with E-state index in [1.807, 2.05) is 6.07 Å². The summed E-state index contributed by atoms with van der Waals surface area (Å²) in [5.41, 5.74) is 0.658. The zero-order valence-corrected chi connectivity index (χ0v) is 14.5. The molecule has 120 valence electrons. The lowest BCUT2D eigenvalue weighted by molar-refractivity contribution is -0.126. The normalized spacial score (nSPS) is 19.3. The average molecular weight is 395 g/mol. The second-order valence-corrected chi connectivity index (χ2v) is 7.98. The van der Waals surface area contributed by atoms with Gasteiger partial charge in [-0.1, -0.05) is 46.3 Å². The molecular formula is C16H15BrN2O3S. The predicted molar refractivity (Wildman–Crippen MR) is 90.2 cm³/mol. The Kier molecular flexibility index (Phi) is 4.52. The van der Waals surface area contributed by atoms with Crippen LogP contribution in [0.1, 0.15) is 11.6 Å². The highest BCUT2D eigenvalue weighted by Gasteiger charge is 2.39. The van der Waals surface area contributed by atoms with Gasteiger partial charge in [0.25, 0.3) is 0 Å². The van der Waals surface area contributed by atoms with Crippen molar-refractivity contribution in [1.82, 2.24) is 9.62 Å². The smallest absolute Gasteiger partial charge is 0.244 e. The Labute approximate surface area is 143 Å². The molecule has 0 spiro atoms. The van der Waals surface area contributed by atoms with E-state index in [-0.39, 0.29) is 17.3 Å². The first kappa shape index (κ1) is 16.2. The van der Waals surface area contributed by atoms with E-state index in [1.54, 1.807) is 36.4 Å². The third-order valence-electron chi connectivity index (χ3n) is 3.70. The third kappa shape index (κ3) is 3.17. The van der Waals surface area contributed by atoms with E-state index in [1.165, 1.54) is 16.4 Å². The number of carbonyl (C=O) groups excluding carboxylic acids is 1. The molecule has 2 aromatic carbocycles. The Hall–Kier alpha value is -1.70. The number of sulfonamides is 1. The third-order valence-corrected chi connectivity index (χ3v) is 6.11. The van der Waals surface area contributed by atoms with E-state index in [9.17, 15) is 13.2 Å². The molecule has 0 bridgehead atoms. The molecule has 1 amide bonds. The molecule has 1 heterocycles. The molecule has 0 saturated carbocycles. The van der Waals surface area contributed by atoms with Gasteiger partial charge in [0.1, 0.15) is 6.04 Å². The maximum atomic E-state index is 13.0. The molecule has 1 fully saturated rings. The van der Waals surface area contributed by atoms with E-state index in [4.69, 9.17) is 0 Å². The molecule has 1 N–H and O–H groups in total. The second kappa shape index (κ2) is 6.43. The molecule has 2 aromatic rings. The van der Waals surface area contributed by atoms with E-state index in [2.05, 4.69) is 21.2 Å². The fourth-order valence-corrected chi connectivity index (χ4v) is 4.44. The van der Waals surface area contributed by atoms with Gasteiger partial charge in [0.05, 0.1) is 4.90 Å². The van der Waals surface area contributed by atoms with Crippen LogP contribution in [0, 0.1) is 0 Å². The molecule has 3 rings (SSSR count). The van der Waals surface area contributed by atoms with E-state index in [0.29, 0.717) is 12.1 Å². The van der Waals surface area contributed by atoms with Gasteiger partial charge in [0, 0.05) is 17.6 Å². The number of benzene rings is 2. The molecule has 0 aliphatic carbocycles. The molecule has 1 saturated heterocycles. The van der Waals surface area contributed by atoms with Gasteiger partial charge in [-0.3, -0.25) is 4.79 Å². The number of piperazine rings is 1. The summed E-state index contributed by atoms with van der Waals surface area (Å²) in [6.07, 6.45) is 0. The molecule has 0 aromatic heterocycles. The van der Waals surface area contributed by atoms with Crippen LogP contribution in [0.5, 0.6) is 0 Å². The Morgan fingerprint density at radius 3 is 2.35 bits per heavy atom. The molecule has 1 atom stereocenters. The fourth-order valence-electron chi connectivity index (χ4n) is 2.60. The summed E-state index contributed by atoms with van der Waals surface area (Å²) in [7, 11) is -3.76. The van der Waals surface area contributed by atoms with E-state index < -0.39 is 16.1 Å². The number of amides is 1. The zero-order valence-electron chi connectivity index (χ0n) is 12.1. The lowest BCUT2D eigenvalue weighted by Crippen LogP contribution is -2.52. The van der Waals surface area contributed by atoms with Gasteiger partial charge >= 0.3 is 0 Å². The first-order chi connectivity index (χ1) is 11.0. The van der Waals surface area contributed by atoms with Gasteiger partial charge in [-0.2, -0.15) is 4.31 Å². The fraction of sp³-hybridized carbons (Fsp3) is 0.188. The van der Waals surface area contributed by atoms with Gasteiger partial charge in [-0.15, -0.1) is 0 Å². The lowest BCUT2D eigenvalue weighted by atomic mass is 10.1. The van der Waals surface area contributed by atoms with Crippen molar-refractivity contribution in [1.29, 1.82) is 0 Å². The SMILES string of the molecule is O=C1NCCN(S(=O)(=O)c2ccc(Br)cc2)C1c1ccccc1. The largest absolute Gasteiger partial charge is 0.353 e. The number of hydrogen-bond acceptors (Lipinski definition) is 3. The van der Waals surface area contributed by atoms with Crippen molar-refractivity contribution in [2.45, 2.75) is 10.9 Å². The number of rotatable bonds is 3. The summed E-state index contributed by atoms with van der Waals surface area (Å²) in [5.74, 6) is -0.303. The Morgan fingerprint density at radius 2 is 1.70 bits per heavy atom. The minimum Gasteiger partial charge on any atom is -0.353 e. The summed E-state index contributed by atoms with van der Waals surface area (Å²) in [6.45, 7) is 0.543. The van der Waals surface area contributed by atoms with Crippen LogP contribution in [0.4, 0.5) is 0 Å². The molecule has 1 aliphatic heterocycles. The number of nitrogens with one attached hydrogen (secondary N) is 1. The van der Waals surface area contributed by atoms with Crippen molar-refractivity contribution in [3.8, 4) is 0 Å². The lowest BCUT2D eigenvalue weighted by Gasteiger charge is -2.34. The number of halogens is 1. The molecule has 0 radical (unpaired) electrons. The summed E-state index contributed by atoms with van der Waals surface area (Å²) >= 11 is 3.29. The van der Waals surface area contributed by atoms with Gasteiger partial charge < -0.3 is 5.32 Å². The molecule has 7 heteroatoms. The Bertz CT molecular complexity index is 807. The van der Waals surface area contributed by atoms with Crippen molar-refractivity contribution in [3.05, 3.63) is 64.6 Å². The standard InChI is InChI=1S/C16H15BrN2O3S/c17-13-6-8-14(9-7-13)23(21,22)19-11-10-18-16(20)15(19)12-4-2-1-3-5-12/h1-9,15H,10-11H2,(H,18,20). The topological polar surface area (TPSA) is 66.5 Å². The van der Waals surface area contributed by atoms with Gasteiger partial charge in [0.15, 0.2) is 0 Å². The first-order valence-electron chi connectivity index (χ1n) is 7.10. The maximum absolute atomic E-state index is 13.0. The summed E-state index contributed by atoms with van der Waals surface area (Å²) in [5, 5.41) is 2.74. The summed E-state index contributed by atoms with van der Waals surface area (Å²) in [6, 6.07) is 14.5. The predicted octanol–water partition coefficient (Wildman–Crippen LogP) is 2.31. The van der Waals surface area contributed by atoms with Crippen LogP contribution in [0.3, 0.4) is 0 Å². The number of nitrogens with zero attached hydrogens (tertiary/aromatic N) is 1. The molecule has 23 heavy (non-hydrogen) atoms. The monoisotopic (exact) mass is 394 g/mol. The van der Waals surface area contributed by atoms with Crippen molar-refractivity contribution in [2.24, 2.45) is 0 Å². The summed E-state index contributed by atoms with van der Waals surface area (Å²) < 4.78 is 28.0. The minimum atomic E-state index is -3.76. The Balaban J connectivity index is 2.04. The van der Waals surface area contributed by atoms with Crippen LogP contribution in [-0.4, -0.2) is 31.7 Å². The van der Waals surface area contributed by atoms with Crippen LogP contribution in [-0.2, 0) is 14.8 Å². The molecule has 5 nitrogen and oxygen atoms in total. The summed E-state index contributed by atoms with van der Waals surface area (Å²) in [4.78, 5) is 12.5. The van der Waals surface area contributed by atoms with Crippen LogP contribution < -0.4 is 5.32 Å².